The zero-order valence-corrected chi connectivity index (χ0v) is 25.8. The first-order valence-electron chi connectivity index (χ1n) is 15.8. The zero-order valence-electron chi connectivity index (χ0n) is 25.8. The molecule has 2 unspecified atom stereocenters. The highest BCUT2D eigenvalue weighted by Crippen LogP contribution is 2.81. The molecule has 1 heterocycles. The van der Waals surface area contributed by atoms with Crippen LogP contribution in [-0.2, 0) is 9.59 Å². The van der Waals surface area contributed by atoms with Crippen LogP contribution in [0.1, 0.15) is 105 Å². The number of Topliss-reactive ketones (excluding diaryl/α,β-unsaturated/α-hetero) is 1. The second kappa shape index (κ2) is 7.69. The van der Waals surface area contributed by atoms with Crippen LogP contribution in [0, 0.1) is 72.9 Å². The van der Waals surface area contributed by atoms with Crippen molar-refractivity contribution in [3.63, 3.8) is 0 Å². The Kier molecular flexibility index (Phi) is 5.12. The van der Waals surface area contributed by atoms with Crippen molar-refractivity contribution in [2.75, 3.05) is 0 Å². The number of hydrogen-bond donors (Lipinski definition) is 0. The summed E-state index contributed by atoms with van der Waals surface area (Å²) < 4.78 is 1.66. The number of imidazole rings is 1. The summed E-state index contributed by atoms with van der Waals surface area (Å²) in [6.07, 6.45) is 13.7. The second-order valence-corrected chi connectivity index (χ2v) is 16.9. The first-order chi connectivity index (χ1) is 19.1. The number of rotatable bonds is 1. The van der Waals surface area contributed by atoms with Crippen molar-refractivity contribution in [2.24, 2.45) is 61.6 Å². The summed E-state index contributed by atoms with van der Waals surface area (Å²) >= 11 is 0. The van der Waals surface area contributed by atoms with Crippen LogP contribution in [0.4, 0.5) is 0 Å². The molecule has 0 saturated heterocycles. The van der Waals surface area contributed by atoms with Gasteiger partial charge in [0.05, 0.1) is 11.5 Å². The molecule has 6 heteroatoms. The van der Waals surface area contributed by atoms with E-state index in [2.05, 4.69) is 45.7 Å². The van der Waals surface area contributed by atoms with Gasteiger partial charge in [0.1, 0.15) is 11.7 Å². The Morgan fingerprint density at radius 2 is 1.68 bits per heavy atom. The summed E-state index contributed by atoms with van der Waals surface area (Å²) in [5.41, 5.74) is -1.71. The Bertz CT molecular complexity index is 1460. The van der Waals surface area contributed by atoms with Gasteiger partial charge in [-0.1, -0.05) is 54.0 Å². The average Bonchev–Trinajstić information content (AvgIpc) is 3.43. The summed E-state index contributed by atoms with van der Waals surface area (Å²) in [7, 11) is 0. The van der Waals surface area contributed by atoms with E-state index >= 15 is 0 Å². The lowest BCUT2D eigenvalue weighted by atomic mass is 9.33. The number of carbonyl (C=O) groups excluding carboxylic acids is 3. The molecule has 0 bridgehead atoms. The summed E-state index contributed by atoms with van der Waals surface area (Å²) in [6.45, 7) is 15.7. The van der Waals surface area contributed by atoms with Crippen LogP contribution in [0.25, 0.3) is 0 Å². The minimum absolute atomic E-state index is 0.0246. The van der Waals surface area contributed by atoms with Crippen LogP contribution >= 0.6 is 0 Å². The van der Waals surface area contributed by atoms with Crippen molar-refractivity contribution < 1.29 is 14.4 Å². The Morgan fingerprint density at radius 3 is 2.34 bits per heavy atom. The number of allylic oxidation sites excluding steroid dienone is 2. The van der Waals surface area contributed by atoms with Gasteiger partial charge in [-0.2, -0.15) is 5.26 Å². The van der Waals surface area contributed by atoms with Gasteiger partial charge in [-0.3, -0.25) is 19.0 Å². The molecule has 1 aromatic rings. The lowest BCUT2D eigenvalue weighted by molar-refractivity contribution is -0.171. The number of carbonyl (C=O) groups is 3. The van der Waals surface area contributed by atoms with E-state index in [1.54, 1.807) is 23.3 Å². The summed E-state index contributed by atoms with van der Waals surface area (Å²) in [5, 5.41) is 10.3. The quantitative estimate of drug-likeness (QED) is 0.379. The van der Waals surface area contributed by atoms with Gasteiger partial charge in [-0.25, -0.2) is 4.98 Å². The first-order valence-corrected chi connectivity index (χ1v) is 15.8. The van der Waals surface area contributed by atoms with E-state index < -0.39 is 16.2 Å². The largest absolute Gasteiger partial charge is 0.297 e. The number of nitriles is 1. The molecule has 0 amide bonds. The molecule has 218 valence electrons. The number of nitrogens with zero attached hydrogens (tertiary/aromatic N) is 3. The van der Waals surface area contributed by atoms with Crippen molar-refractivity contribution in [1.29, 1.82) is 5.26 Å². The van der Waals surface area contributed by atoms with E-state index in [1.807, 2.05) is 19.9 Å². The van der Waals surface area contributed by atoms with Crippen LogP contribution < -0.4 is 0 Å². The summed E-state index contributed by atoms with van der Waals surface area (Å²) in [6, 6.07) is 2.47. The maximum absolute atomic E-state index is 14.7. The highest BCUT2D eigenvalue weighted by atomic mass is 16.2. The zero-order chi connectivity index (χ0) is 29.6. The Labute approximate surface area is 244 Å². The van der Waals surface area contributed by atoms with Crippen molar-refractivity contribution in [1.82, 2.24) is 9.55 Å². The van der Waals surface area contributed by atoms with Crippen LogP contribution in [0.3, 0.4) is 0 Å². The van der Waals surface area contributed by atoms with E-state index in [0.717, 1.165) is 44.9 Å². The van der Waals surface area contributed by atoms with Crippen molar-refractivity contribution in [3.05, 3.63) is 30.4 Å². The normalized spacial score (nSPS) is 48.8. The molecule has 0 aliphatic heterocycles. The van der Waals surface area contributed by atoms with Crippen molar-refractivity contribution in [2.45, 2.75) is 99.8 Å². The van der Waals surface area contributed by atoms with Crippen LogP contribution in [0.2, 0.25) is 0 Å². The molecule has 0 aromatic carbocycles. The van der Waals surface area contributed by atoms with Crippen LogP contribution in [0.5, 0.6) is 0 Å². The maximum Gasteiger partial charge on any atom is 0.238 e. The van der Waals surface area contributed by atoms with Gasteiger partial charge in [-0.15, -0.1) is 0 Å². The number of hydrogen-bond acceptors (Lipinski definition) is 5. The predicted octanol–water partition coefficient (Wildman–Crippen LogP) is 6.82. The molecule has 5 saturated carbocycles. The molecule has 0 N–H and O–H groups in total. The molecule has 9 atom stereocenters. The van der Waals surface area contributed by atoms with E-state index in [1.165, 1.54) is 5.57 Å². The number of ketones is 2. The van der Waals surface area contributed by atoms with Gasteiger partial charge >= 0.3 is 0 Å². The highest BCUT2D eigenvalue weighted by molar-refractivity contribution is 5.99. The third kappa shape index (κ3) is 2.94. The smallest absolute Gasteiger partial charge is 0.238 e. The fourth-order valence-electron chi connectivity index (χ4n) is 12.1. The molecule has 6 aliphatic carbocycles. The van der Waals surface area contributed by atoms with Gasteiger partial charge in [0, 0.05) is 23.7 Å². The third-order valence-electron chi connectivity index (χ3n) is 14.5. The fraction of sp³-hybridized carbons (Fsp3) is 0.743. The van der Waals surface area contributed by atoms with Crippen molar-refractivity contribution >= 4 is 17.5 Å². The van der Waals surface area contributed by atoms with E-state index in [9.17, 15) is 19.6 Å². The van der Waals surface area contributed by atoms with E-state index in [0.29, 0.717) is 6.42 Å². The van der Waals surface area contributed by atoms with Gasteiger partial charge in [0.25, 0.3) is 0 Å². The molecule has 41 heavy (non-hydrogen) atoms. The molecule has 0 spiro atoms. The minimum atomic E-state index is -0.916. The summed E-state index contributed by atoms with van der Waals surface area (Å²) in [5.74, 6) is 0.216. The lowest BCUT2D eigenvalue weighted by Crippen LogP contribution is -2.67. The van der Waals surface area contributed by atoms with Gasteiger partial charge < -0.3 is 0 Å². The number of fused-ring (bicyclic) bond motifs is 9. The second-order valence-electron chi connectivity index (χ2n) is 16.9. The SMILES string of the molecule is CC1(C)CC[C@]2(C(=O)n3ccnc3)CC[C@]3(C)C(C(=O)C=C4[C@@]5(C)[C@H]6C[C@@]6(C#N)C(=O)C(C)(C)[C@@H]5CC[C@]43C)C2C1. The molecule has 6 nitrogen and oxygen atoms in total. The molecule has 0 radical (unpaired) electrons. The van der Waals surface area contributed by atoms with Crippen LogP contribution in [-0.4, -0.2) is 27.0 Å². The molecule has 6 aliphatic rings. The minimum Gasteiger partial charge on any atom is -0.297 e. The Balaban J connectivity index is 1.39. The Morgan fingerprint density at radius 1 is 0.976 bits per heavy atom. The first kappa shape index (κ1) is 27.3. The topological polar surface area (TPSA) is 92.8 Å². The maximum atomic E-state index is 14.7. The molecule has 1 aromatic heterocycles. The van der Waals surface area contributed by atoms with E-state index in [-0.39, 0.29) is 62.8 Å². The Hall–Kier alpha value is -2.55. The van der Waals surface area contributed by atoms with Gasteiger partial charge in [0.15, 0.2) is 11.6 Å². The lowest BCUT2D eigenvalue weighted by Gasteiger charge is -2.69. The predicted molar refractivity (Wildman–Crippen MR) is 154 cm³/mol. The van der Waals surface area contributed by atoms with Crippen molar-refractivity contribution in [3.8, 4) is 6.07 Å². The van der Waals surface area contributed by atoms with Crippen LogP contribution in [0.15, 0.2) is 30.4 Å². The van der Waals surface area contributed by atoms with Gasteiger partial charge in [0.2, 0.25) is 5.91 Å². The fourth-order valence-corrected chi connectivity index (χ4v) is 12.1. The molecule has 7 rings (SSSR count). The molecule has 5 fully saturated rings. The highest BCUT2D eigenvalue weighted by Gasteiger charge is 2.80. The summed E-state index contributed by atoms with van der Waals surface area (Å²) in [4.78, 5) is 46.9. The standard InChI is InChI=1S/C35H45N3O3/c1-29(2)10-12-34(28(41)38-15-14-37-20-38)13-11-32(6)26(21(34)17-29)22(39)16-24-31(32,5)9-8-23-30(3,4)27(40)35(19-36)18-25(35)33(23,24)7/h14-16,20-21,23,25-26H,8-13,17-18H2,1-7H3/t21?,23-,25+,26?,31+,32+,33-,34-,35-/m0/s1. The average molecular weight is 556 g/mol. The molecular weight excluding hydrogens is 510 g/mol. The monoisotopic (exact) mass is 555 g/mol. The number of aromatic nitrogens is 2. The molecular formula is C35H45N3O3. The third-order valence-corrected chi connectivity index (χ3v) is 14.5. The van der Waals surface area contributed by atoms with E-state index in [4.69, 9.17) is 0 Å². The van der Waals surface area contributed by atoms with Gasteiger partial charge in [-0.05, 0) is 96.9 Å².